The first-order valence-corrected chi connectivity index (χ1v) is 12.7. The van der Waals surface area contributed by atoms with Gasteiger partial charge in [0, 0.05) is 43.3 Å². The molecule has 0 saturated carbocycles. The van der Waals surface area contributed by atoms with E-state index < -0.39 is 0 Å². The fraction of sp³-hybridized carbons (Fsp3) is 0.357. The minimum Gasteiger partial charge on any atom is -0.492 e. The van der Waals surface area contributed by atoms with Gasteiger partial charge in [-0.3, -0.25) is 9.78 Å². The molecule has 194 valence electrons. The molecule has 38 heavy (non-hydrogen) atoms. The second-order valence-corrected chi connectivity index (χ2v) is 9.44. The summed E-state index contributed by atoms with van der Waals surface area (Å²) in [5.41, 5.74) is 4.52. The Balaban J connectivity index is 1.56. The number of imidazole rings is 1. The van der Waals surface area contributed by atoms with Gasteiger partial charge in [0.05, 0.1) is 24.0 Å². The molecule has 0 aliphatic carbocycles. The van der Waals surface area contributed by atoms with Crippen LogP contribution in [0, 0.1) is 32.1 Å². The first kappa shape index (κ1) is 25.1. The van der Waals surface area contributed by atoms with E-state index in [0.29, 0.717) is 54.5 Å². The van der Waals surface area contributed by atoms with Gasteiger partial charge in [0.2, 0.25) is 0 Å². The lowest BCUT2D eigenvalue weighted by Gasteiger charge is -2.34. The minimum absolute atomic E-state index is 0.0668. The summed E-state index contributed by atoms with van der Waals surface area (Å²) in [4.78, 5) is 29.2. The molecule has 5 rings (SSSR count). The maximum Gasteiger partial charge on any atom is 0.254 e. The van der Waals surface area contributed by atoms with Gasteiger partial charge in [-0.25, -0.2) is 14.6 Å². The standard InChI is InChI=1S/C28H30N8O2/c1-6-38-27-13-25(31-15-22(27)14-29)17(2)35-9-7-23-24(28(35)37)11-21(16-34-10-8-30-19(34)4)12-26(23)36-20(5)32-18(3)33-36/h8,10-13,15,17H,6-7,9,16H2,1-5H3. The average Bonchev–Trinajstić information content (AvgIpc) is 3.47. The summed E-state index contributed by atoms with van der Waals surface area (Å²) in [6.45, 7) is 11.1. The van der Waals surface area contributed by atoms with Gasteiger partial charge in [-0.05, 0) is 64.3 Å². The number of hydrogen-bond donors (Lipinski definition) is 0. The first-order chi connectivity index (χ1) is 18.3. The van der Waals surface area contributed by atoms with Crippen LogP contribution >= 0.6 is 0 Å². The summed E-state index contributed by atoms with van der Waals surface area (Å²) in [7, 11) is 0. The van der Waals surface area contributed by atoms with Crippen molar-refractivity contribution in [2.45, 2.75) is 53.6 Å². The zero-order valence-corrected chi connectivity index (χ0v) is 22.3. The molecule has 0 saturated heterocycles. The van der Waals surface area contributed by atoms with E-state index in [9.17, 15) is 10.1 Å². The van der Waals surface area contributed by atoms with Crippen LogP contribution in [-0.4, -0.2) is 53.3 Å². The van der Waals surface area contributed by atoms with Crippen molar-refractivity contribution in [1.82, 2.24) is 34.2 Å². The van der Waals surface area contributed by atoms with Crippen molar-refractivity contribution in [2.24, 2.45) is 0 Å². The maximum atomic E-state index is 14.0. The number of nitriles is 1. The Morgan fingerprint density at radius 1 is 1.16 bits per heavy atom. The Morgan fingerprint density at radius 2 is 1.97 bits per heavy atom. The number of pyridine rings is 1. The third-order valence-electron chi connectivity index (χ3n) is 6.96. The van der Waals surface area contributed by atoms with Crippen LogP contribution in [0.2, 0.25) is 0 Å². The van der Waals surface area contributed by atoms with Crippen molar-refractivity contribution >= 4 is 5.91 Å². The molecule has 3 aromatic heterocycles. The van der Waals surface area contributed by atoms with E-state index >= 15 is 0 Å². The van der Waals surface area contributed by atoms with E-state index in [1.807, 2.05) is 56.5 Å². The second kappa shape index (κ2) is 10.1. The van der Waals surface area contributed by atoms with Gasteiger partial charge < -0.3 is 14.2 Å². The number of benzene rings is 1. The minimum atomic E-state index is -0.305. The lowest BCUT2D eigenvalue weighted by Crippen LogP contribution is -2.40. The topological polar surface area (TPSA) is 115 Å². The van der Waals surface area contributed by atoms with Crippen molar-refractivity contribution in [2.75, 3.05) is 13.2 Å². The number of carbonyl (C=O) groups excluding carboxylic acids is 1. The summed E-state index contributed by atoms with van der Waals surface area (Å²) in [5, 5.41) is 14.0. The summed E-state index contributed by atoms with van der Waals surface area (Å²) >= 11 is 0. The molecule has 0 N–H and O–H groups in total. The molecule has 0 spiro atoms. The maximum absolute atomic E-state index is 14.0. The molecule has 10 heteroatoms. The molecule has 1 aliphatic rings. The zero-order chi connectivity index (χ0) is 27.0. The van der Waals surface area contributed by atoms with E-state index in [4.69, 9.17) is 4.74 Å². The summed E-state index contributed by atoms with van der Waals surface area (Å²) < 4.78 is 9.54. The lowest BCUT2D eigenvalue weighted by molar-refractivity contribution is 0.0668. The van der Waals surface area contributed by atoms with Crippen molar-refractivity contribution in [3.05, 3.63) is 82.2 Å². The van der Waals surface area contributed by atoms with E-state index in [-0.39, 0.29) is 11.9 Å². The van der Waals surface area contributed by atoms with E-state index in [1.54, 1.807) is 12.3 Å². The van der Waals surface area contributed by atoms with Crippen LogP contribution in [0.3, 0.4) is 0 Å². The van der Waals surface area contributed by atoms with Crippen LogP contribution in [0.1, 0.15) is 70.1 Å². The Bertz CT molecular complexity index is 1560. The molecule has 10 nitrogen and oxygen atoms in total. The average molecular weight is 511 g/mol. The van der Waals surface area contributed by atoms with E-state index in [0.717, 1.165) is 28.5 Å². The summed E-state index contributed by atoms with van der Waals surface area (Å²) in [6, 6.07) is 7.66. The van der Waals surface area contributed by atoms with Gasteiger partial charge in [-0.1, -0.05) is 0 Å². The van der Waals surface area contributed by atoms with Crippen molar-refractivity contribution in [3.63, 3.8) is 0 Å². The van der Waals surface area contributed by atoms with Crippen LogP contribution in [-0.2, 0) is 13.0 Å². The predicted octanol–water partition coefficient (Wildman–Crippen LogP) is 3.86. The number of hydrogen-bond acceptors (Lipinski definition) is 7. The molecule has 0 fully saturated rings. The fourth-order valence-corrected chi connectivity index (χ4v) is 5.02. The Labute approximate surface area is 221 Å². The Morgan fingerprint density at radius 3 is 2.63 bits per heavy atom. The quantitative estimate of drug-likeness (QED) is 0.371. The number of rotatable bonds is 7. The molecular weight excluding hydrogens is 480 g/mol. The number of fused-ring (bicyclic) bond motifs is 1. The van der Waals surface area contributed by atoms with Gasteiger partial charge in [0.1, 0.15) is 34.9 Å². The lowest BCUT2D eigenvalue weighted by atomic mass is 9.93. The van der Waals surface area contributed by atoms with Crippen LogP contribution in [0.15, 0.2) is 36.8 Å². The number of nitrogens with zero attached hydrogens (tertiary/aromatic N) is 8. The summed E-state index contributed by atoms with van der Waals surface area (Å²) in [5.74, 6) is 2.77. The van der Waals surface area contributed by atoms with Crippen LogP contribution in [0.25, 0.3) is 5.69 Å². The van der Waals surface area contributed by atoms with Gasteiger partial charge in [-0.2, -0.15) is 10.4 Å². The molecule has 0 bridgehead atoms. The second-order valence-electron chi connectivity index (χ2n) is 9.44. The molecule has 1 unspecified atom stereocenters. The molecule has 1 amide bonds. The number of aromatic nitrogens is 6. The molecule has 0 radical (unpaired) electrons. The van der Waals surface area contributed by atoms with Gasteiger partial charge in [-0.15, -0.1) is 0 Å². The highest BCUT2D eigenvalue weighted by Gasteiger charge is 2.32. The SMILES string of the molecule is CCOc1cc(C(C)N2CCc3c(cc(Cn4ccnc4C)cc3-n3nc(C)nc3C)C2=O)ncc1C#N. The van der Waals surface area contributed by atoms with Crippen LogP contribution in [0.5, 0.6) is 5.75 Å². The summed E-state index contributed by atoms with van der Waals surface area (Å²) in [6.07, 6.45) is 5.88. The fourth-order valence-electron chi connectivity index (χ4n) is 5.02. The molecule has 4 aromatic rings. The highest BCUT2D eigenvalue weighted by atomic mass is 16.5. The smallest absolute Gasteiger partial charge is 0.254 e. The van der Waals surface area contributed by atoms with Crippen LogP contribution < -0.4 is 4.74 Å². The molecule has 4 heterocycles. The number of aryl methyl sites for hydroxylation is 3. The Kier molecular flexibility index (Phi) is 6.68. The number of ether oxygens (including phenoxy) is 1. The molecule has 1 atom stereocenters. The zero-order valence-electron chi connectivity index (χ0n) is 22.3. The first-order valence-electron chi connectivity index (χ1n) is 12.7. The third kappa shape index (κ3) is 4.52. The van der Waals surface area contributed by atoms with E-state index in [2.05, 4.69) is 36.8 Å². The monoisotopic (exact) mass is 510 g/mol. The Hall–Kier alpha value is -4.52. The number of amides is 1. The van der Waals surface area contributed by atoms with Gasteiger partial charge in [0.25, 0.3) is 5.91 Å². The number of carbonyl (C=O) groups is 1. The van der Waals surface area contributed by atoms with Gasteiger partial charge in [0.15, 0.2) is 0 Å². The van der Waals surface area contributed by atoms with Crippen molar-refractivity contribution in [3.8, 4) is 17.5 Å². The van der Waals surface area contributed by atoms with Gasteiger partial charge >= 0.3 is 0 Å². The van der Waals surface area contributed by atoms with E-state index in [1.165, 1.54) is 6.20 Å². The molecule has 1 aromatic carbocycles. The largest absolute Gasteiger partial charge is 0.492 e. The van der Waals surface area contributed by atoms with Crippen LogP contribution in [0.4, 0.5) is 0 Å². The molecule has 1 aliphatic heterocycles. The van der Waals surface area contributed by atoms with Crippen molar-refractivity contribution < 1.29 is 9.53 Å². The van der Waals surface area contributed by atoms with Crippen molar-refractivity contribution in [1.29, 1.82) is 5.26 Å². The predicted molar refractivity (Wildman–Crippen MR) is 140 cm³/mol. The normalized spacial score (nSPS) is 13.8. The third-order valence-corrected chi connectivity index (χ3v) is 6.96. The molecular formula is C28H30N8O2. The highest BCUT2D eigenvalue weighted by molar-refractivity contribution is 5.98. The highest BCUT2D eigenvalue weighted by Crippen LogP contribution is 2.33.